The third kappa shape index (κ3) is 9.61. The number of carbonyl (C=O) groups is 2. The lowest BCUT2D eigenvalue weighted by atomic mass is 10.1. The van der Waals surface area contributed by atoms with Crippen LogP contribution in [-0.4, -0.2) is 91.7 Å². The molecule has 2 heterocycles. The zero-order chi connectivity index (χ0) is 26.5. The lowest BCUT2D eigenvalue weighted by Crippen LogP contribution is -2.51. The van der Waals surface area contributed by atoms with Crippen LogP contribution in [0.25, 0.3) is 0 Å². The van der Waals surface area contributed by atoms with Gasteiger partial charge in [0.15, 0.2) is 0 Å². The number of amides is 1. The summed E-state index contributed by atoms with van der Waals surface area (Å²) in [5.74, 6) is 1.31. The Morgan fingerprint density at radius 1 is 1.05 bits per heavy atom. The van der Waals surface area contributed by atoms with Crippen molar-refractivity contribution in [2.75, 3.05) is 59.1 Å². The second kappa shape index (κ2) is 15.5. The molecule has 204 valence electrons. The highest BCUT2D eigenvalue weighted by atomic mass is 16.5. The highest BCUT2D eigenvalue weighted by molar-refractivity contribution is 5.80. The number of rotatable bonds is 15. The van der Waals surface area contributed by atoms with Gasteiger partial charge in [0.1, 0.15) is 17.6 Å². The molecule has 0 bridgehead atoms. The normalized spacial score (nSPS) is 15.0. The highest BCUT2D eigenvalue weighted by Gasteiger charge is 2.30. The van der Waals surface area contributed by atoms with E-state index in [9.17, 15) is 9.59 Å². The SMILES string of the molecule is CCCC(C(=O)OCC)N(CCN1CCOCC1)CC(=O)N(CCc1ccccc1)Cc1ccc(C)o1. The van der Waals surface area contributed by atoms with Crippen molar-refractivity contribution in [3.8, 4) is 0 Å². The van der Waals surface area contributed by atoms with E-state index in [1.807, 2.05) is 54.0 Å². The summed E-state index contributed by atoms with van der Waals surface area (Å²) in [5, 5.41) is 0. The first kappa shape index (κ1) is 28.9. The van der Waals surface area contributed by atoms with Gasteiger partial charge >= 0.3 is 5.97 Å². The number of morpholine rings is 1. The maximum Gasteiger partial charge on any atom is 0.323 e. The second-order valence-corrected chi connectivity index (χ2v) is 9.54. The number of benzene rings is 1. The molecular formula is C29H43N3O5. The first-order valence-corrected chi connectivity index (χ1v) is 13.6. The van der Waals surface area contributed by atoms with Crippen LogP contribution in [0, 0.1) is 6.92 Å². The predicted octanol–water partition coefficient (Wildman–Crippen LogP) is 3.53. The van der Waals surface area contributed by atoms with Gasteiger partial charge in [-0.1, -0.05) is 43.7 Å². The quantitative estimate of drug-likeness (QED) is 0.337. The summed E-state index contributed by atoms with van der Waals surface area (Å²) < 4.78 is 16.7. The van der Waals surface area contributed by atoms with E-state index in [0.29, 0.717) is 45.9 Å². The molecule has 0 spiro atoms. The molecule has 0 aliphatic carbocycles. The number of carbonyl (C=O) groups excluding carboxylic acids is 2. The average molecular weight is 514 g/mol. The van der Waals surface area contributed by atoms with E-state index in [-0.39, 0.29) is 18.4 Å². The van der Waals surface area contributed by atoms with Crippen LogP contribution in [0.1, 0.15) is 43.8 Å². The first-order valence-electron chi connectivity index (χ1n) is 13.6. The molecule has 1 aliphatic heterocycles. The molecule has 3 rings (SSSR count). The molecule has 8 heteroatoms. The van der Waals surface area contributed by atoms with Crippen LogP contribution in [0.15, 0.2) is 46.9 Å². The van der Waals surface area contributed by atoms with Crippen molar-refractivity contribution >= 4 is 11.9 Å². The van der Waals surface area contributed by atoms with E-state index in [1.54, 1.807) is 0 Å². The number of furan rings is 1. The lowest BCUT2D eigenvalue weighted by molar-refractivity contribution is -0.151. The van der Waals surface area contributed by atoms with E-state index in [2.05, 4.69) is 24.0 Å². The smallest absolute Gasteiger partial charge is 0.323 e. The fraction of sp³-hybridized carbons (Fsp3) is 0.586. The second-order valence-electron chi connectivity index (χ2n) is 9.54. The predicted molar refractivity (Wildman–Crippen MR) is 143 cm³/mol. The number of hydrogen-bond acceptors (Lipinski definition) is 7. The van der Waals surface area contributed by atoms with Gasteiger partial charge in [-0.25, -0.2) is 0 Å². The van der Waals surface area contributed by atoms with Crippen molar-refractivity contribution in [3.63, 3.8) is 0 Å². The van der Waals surface area contributed by atoms with Gasteiger partial charge in [-0.05, 0) is 44.4 Å². The zero-order valence-electron chi connectivity index (χ0n) is 22.7. The van der Waals surface area contributed by atoms with Gasteiger partial charge in [0.25, 0.3) is 0 Å². The summed E-state index contributed by atoms with van der Waals surface area (Å²) in [6, 6.07) is 13.6. The van der Waals surface area contributed by atoms with E-state index in [4.69, 9.17) is 13.9 Å². The van der Waals surface area contributed by atoms with E-state index in [1.165, 1.54) is 5.56 Å². The van der Waals surface area contributed by atoms with Crippen LogP contribution < -0.4 is 0 Å². The molecule has 1 fully saturated rings. The van der Waals surface area contributed by atoms with Gasteiger partial charge < -0.3 is 18.8 Å². The van der Waals surface area contributed by atoms with Crippen molar-refractivity contribution in [2.24, 2.45) is 0 Å². The van der Waals surface area contributed by atoms with Gasteiger partial charge in [-0.15, -0.1) is 0 Å². The Labute approximate surface area is 221 Å². The van der Waals surface area contributed by atoms with Gasteiger partial charge in [0.2, 0.25) is 5.91 Å². The molecule has 1 unspecified atom stereocenters. The minimum absolute atomic E-state index is 0.0163. The van der Waals surface area contributed by atoms with Crippen LogP contribution in [0.2, 0.25) is 0 Å². The van der Waals surface area contributed by atoms with Crippen LogP contribution in [0.4, 0.5) is 0 Å². The van der Waals surface area contributed by atoms with E-state index < -0.39 is 6.04 Å². The average Bonchev–Trinajstić information content (AvgIpc) is 3.33. The van der Waals surface area contributed by atoms with Crippen LogP contribution >= 0.6 is 0 Å². The number of ether oxygens (including phenoxy) is 2. The van der Waals surface area contributed by atoms with E-state index in [0.717, 1.165) is 44.0 Å². The molecule has 1 amide bonds. The molecular weight excluding hydrogens is 470 g/mol. The van der Waals surface area contributed by atoms with Crippen LogP contribution in [-0.2, 0) is 32.0 Å². The summed E-state index contributed by atoms with van der Waals surface area (Å²) in [6.07, 6.45) is 2.22. The molecule has 0 radical (unpaired) electrons. The Hall–Kier alpha value is -2.68. The largest absolute Gasteiger partial charge is 0.465 e. The zero-order valence-corrected chi connectivity index (χ0v) is 22.7. The number of aryl methyl sites for hydroxylation is 1. The van der Waals surface area contributed by atoms with Crippen LogP contribution in [0.5, 0.6) is 0 Å². The lowest BCUT2D eigenvalue weighted by Gasteiger charge is -2.34. The minimum atomic E-state index is -0.447. The summed E-state index contributed by atoms with van der Waals surface area (Å²) in [6.45, 7) is 11.8. The molecule has 0 saturated carbocycles. The highest BCUT2D eigenvalue weighted by Crippen LogP contribution is 2.15. The molecule has 1 atom stereocenters. The molecule has 1 aliphatic rings. The topological polar surface area (TPSA) is 75.5 Å². The van der Waals surface area contributed by atoms with E-state index >= 15 is 0 Å². The Bertz CT molecular complexity index is 942. The number of hydrogen-bond donors (Lipinski definition) is 0. The molecule has 1 aromatic carbocycles. The molecule has 37 heavy (non-hydrogen) atoms. The Morgan fingerprint density at radius 3 is 2.46 bits per heavy atom. The Kier molecular flexibility index (Phi) is 12.1. The van der Waals surface area contributed by atoms with Crippen molar-refractivity contribution in [1.82, 2.24) is 14.7 Å². The Morgan fingerprint density at radius 2 is 1.81 bits per heavy atom. The summed E-state index contributed by atoms with van der Waals surface area (Å²) in [4.78, 5) is 32.9. The summed E-state index contributed by atoms with van der Waals surface area (Å²) >= 11 is 0. The molecule has 1 saturated heterocycles. The standard InChI is InChI=1S/C29H43N3O5/c1-4-9-27(29(34)36-5-2)31(17-16-30-18-20-35-21-19-30)23-28(33)32(22-26-13-12-24(3)37-26)15-14-25-10-7-6-8-11-25/h6-8,10-13,27H,4-5,9,14-23H2,1-3H3. The molecule has 0 N–H and O–H groups in total. The third-order valence-electron chi connectivity index (χ3n) is 6.72. The summed E-state index contributed by atoms with van der Waals surface area (Å²) in [7, 11) is 0. The van der Waals surface area contributed by atoms with Crippen molar-refractivity contribution in [1.29, 1.82) is 0 Å². The fourth-order valence-electron chi connectivity index (χ4n) is 4.63. The van der Waals surface area contributed by atoms with Crippen molar-refractivity contribution in [3.05, 3.63) is 59.5 Å². The maximum atomic E-state index is 13.8. The first-order chi connectivity index (χ1) is 18.0. The minimum Gasteiger partial charge on any atom is -0.465 e. The van der Waals surface area contributed by atoms with Crippen LogP contribution in [0.3, 0.4) is 0 Å². The van der Waals surface area contributed by atoms with Crippen molar-refractivity contribution in [2.45, 2.75) is 52.6 Å². The number of nitrogens with zero attached hydrogens (tertiary/aromatic N) is 3. The van der Waals surface area contributed by atoms with Gasteiger partial charge in [0, 0.05) is 32.7 Å². The Balaban J connectivity index is 1.76. The van der Waals surface area contributed by atoms with Gasteiger partial charge in [-0.3, -0.25) is 19.4 Å². The van der Waals surface area contributed by atoms with Crippen molar-refractivity contribution < 1.29 is 23.5 Å². The maximum absolute atomic E-state index is 13.8. The fourth-order valence-corrected chi connectivity index (χ4v) is 4.63. The molecule has 8 nitrogen and oxygen atoms in total. The monoisotopic (exact) mass is 513 g/mol. The van der Waals surface area contributed by atoms with Gasteiger partial charge in [0.05, 0.1) is 32.9 Å². The summed E-state index contributed by atoms with van der Waals surface area (Å²) in [5.41, 5.74) is 1.18. The molecule has 1 aromatic heterocycles. The van der Waals surface area contributed by atoms with Gasteiger partial charge in [-0.2, -0.15) is 0 Å². The molecule has 2 aromatic rings. The third-order valence-corrected chi connectivity index (χ3v) is 6.72. The number of esters is 1.